The predicted molar refractivity (Wildman–Crippen MR) is 60.1 cm³/mol. The number of nitrogen functional groups attached to an aromatic ring is 1. The summed E-state index contributed by atoms with van der Waals surface area (Å²) in [6.45, 7) is 1.84. The lowest BCUT2D eigenvalue weighted by Crippen LogP contribution is -2.07. The average molecular weight is 241 g/mol. The molecule has 0 saturated heterocycles. The summed E-state index contributed by atoms with van der Waals surface area (Å²) in [4.78, 5) is 30.1. The normalized spacial score (nSPS) is 11.2. The van der Waals surface area contributed by atoms with E-state index in [1.807, 2.05) is 6.92 Å². The Hall–Kier alpha value is -1.76. The Morgan fingerprint density at radius 2 is 2.50 bits per heavy atom. The highest BCUT2D eigenvalue weighted by atomic mass is 32.1. The van der Waals surface area contributed by atoms with Crippen molar-refractivity contribution in [3.05, 3.63) is 11.1 Å². The standard InChI is InChI=1S/C9H11N3O3S/c1-2-3-8(14)15-12-6(4-13)7-5-16-9(10)11-7/h4-5H,2-3H2,1H3,(H2,10,11)/b12-6+. The van der Waals surface area contributed by atoms with E-state index >= 15 is 0 Å². The Bertz CT molecular complexity index is 414. The molecule has 2 N–H and O–H groups in total. The first-order chi connectivity index (χ1) is 7.67. The summed E-state index contributed by atoms with van der Waals surface area (Å²) < 4.78 is 0. The van der Waals surface area contributed by atoms with E-state index in [1.54, 1.807) is 5.38 Å². The van der Waals surface area contributed by atoms with Crippen molar-refractivity contribution in [3.8, 4) is 0 Å². The second-order valence-electron chi connectivity index (χ2n) is 2.88. The molecule has 0 aliphatic rings. The number of hydrogen-bond acceptors (Lipinski definition) is 7. The van der Waals surface area contributed by atoms with Crippen LogP contribution in [0.5, 0.6) is 0 Å². The van der Waals surface area contributed by atoms with Crippen molar-refractivity contribution in [1.29, 1.82) is 0 Å². The zero-order chi connectivity index (χ0) is 12.0. The topological polar surface area (TPSA) is 94.6 Å². The second-order valence-corrected chi connectivity index (χ2v) is 3.77. The molecule has 7 heteroatoms. The van der Waals surface area contributed by atoms with Crippen LogP contribution in [0, 0.1) is 0 Å². The monoisotopic (exact) mass is 241 g/mol. The van der Waals surface area contributed by atoms with Crippen molar-refractivity contribution in [2.24, 2.45) is 5.16 Å². The van der Waals surface area contributed by atoms with Gasteiger partial charge in [-0.05, 0) is 6.42 Å². The van der Waals surface area contributed by atoms with E-state index in [0.717, 1.165) is 0 Å². The van der Waals surface area contributed by atoms with Crippen molar-refractivity contribution >= 4 is 34.4 Å². The lowest BCUT2D eigenvalue weighted by atomic mass is 10.3. The van der Waals surface area contributed by atoms with Gasteiger partial charge in [0.15, 0.2) is 17.1 Å². The number of hydrogen-bond donors (Lipinski definition) is 1. The Labute approximate surface area is 96.1 Å². The Balaban J connectivity index is 2.71. The number of carbonyl (C=O) groups is 2. The van der Waals surface area contributed by atoms with E-state index in [4.69, 9.17) is 5.73 Å². The molecule has 1 rings (SSSR count). The summed E-state index contributed by atoms with van der Waals surface area (Å²) in [5.74, 6) is -0.481. The van der Waals surface area contributed by atoms with E-state index in [1.165, 1.54) is 11.3 Å². The van der Waals surface area contributed by atoms with Crippen LogP contribution in [-0.2, 0) is 14.4 Å². The van der Waals surface area contributed by atoms with Gasteiger partial charge >= 0.3 is 5.97 Å². The summed E-state index contributed by atoms with van der Waals surface area (Å²) in [5, 5.41) is 5.32. The highest BCUT2D eigenvalue weighted by Gasteiger charge is 2.09. The quantitative estimate of drug-likeness (QED) is 0.359. The smallest absolute Gasteiger partial charge is 0.335 e. The highest BCUT2D eigenvalue weighted by molar-refractivity contribution is 7.13. The van der Waals surface area contributed by atoms with Crippen LogP contribution >= 0.6 is 11.3 Å². The molecule has 6 nitrogen and oxygen atoms in total. The van der Waals surface area contributed by atoms with E-state index in [-0.39, 0.29) is 12.1 Å². The van der Waals surface area contributed by atoms with Crippen LogP contribution in [0.25, 0.3) is 0 Å². The first kappa shape index (κ1) is 12.3. The first-order valence-corrected chi connectivity index (χ1v) is 5.49. The lowest BCUT2D eigenvalue weighted by Gasteiger charge is -1.96. The van der Waals surface area contributed by atoms with Gasteiger partial charge in [-0.25, -0.2) is 9.78 Å². The first-order valence-electron chi connectivity index (χ1n) is 4.61. The largest absolute Gasteiger partial charge is 0.375 e. The minimum atomic E-state index is -0.481. The lowest BCUT2D eigenvalue weighted by molar-refractivity contribution is -0.143. The number of rotatable bonds is 5. The number of carbonyl (C=O) groups excluding carboxylic acids is 2. The Morgan fingerprint density at radius 1 is 1.75 bits per heavy atom. The molecular formula is C9H11N3O3S. The van der Waals surface area contributed by atoms with Crippen LogP contribution in [0.4, 0.5) is 5.13 Å². The van der Waals surface area contributed by atoms with Gasteiger partial charge in [0, 0.05) is 11.8 Å². The van der Waals surface area contributed by atoms with Gasteiger partial charge in [0.2, 0.25) is 0 Å². The third-order valence-electron chi connectivity index (χ3n) is 1.60. The van der Waals surface area contributed by atoms with Crippen LogP contribution in [0.15, 0.2) is 10.5 Å². The van der Waals surface area contributed by atoms with Crippen molar-refractivity contribution in [1.82, 2.24) is 4.98 Å². The molecule has 0 fully saturated rings. The molecule has 16 heavy (non-hydrogen) atoms. The van der Waals surface area contributed by atoms with E-state index in [9.17, 15) is 9.59 Å². The van der Waals surface area contributed by atoms with Gasteiger partial charge in [0.25, 0.3) is 0 Å². The molecule has 0 aliphatic heterocycles. The van der Waals surface area contributed by atoms with Gasteiger partial charge in [-0.15, -0.1) is 11.3 Å². The van der Waals surface area contributed by atoms with Crippen LogP contribution in [0.2, 0.25) is 0 Å². The molecule has 0 aromatic carbocycles. The fourth-order valence-corrected chi connectivity index (χ4v) is 1.44. The predicted octanol–water partition coefficient (Wildman–Crippen LogP) is 0.972. The van der Waals surface area contributed by atoms with Crippen LogP contribution in [-0.4, -0.2) is 23.0 Å². The van der Waals surface area contributed by atoms with Crippen LogP contribution in [0.1, 0.15) is 25.5 Å². The van der Waals surface area contributed by atoms with Gasteiger partial charge < -0.3 is 10.6 Å². The van der Waals surface area contributed by atoms with Gasteiger partial charge in [0.05, 0.1) is 0 Å². The minimum absolute atomic E-state index is 0.0441. The Morgan fingerprint density at radius 3 is 3.00 bits per heavy atom. The molecule has 0 unspecified atom stereocenters. The molecular weight excluding hydrogens is 230 g/mol. The minimum Gasteiger partial charge on any atom is -0.375 e. The van der Waals surface area contributed by atoms with Gasteiger partial charge in [-0.1, -0.05) is 12.1 Å². The van der Waals surface area contributed by atoms with Gasteiger partial charge in [0.1, 0.15) is 5.69 Å². The van der Waals surface area contributed by atoms with Gasteiger partial charge in [-0.2, -0.15) is 0 Å². The molecule has 1 heterocycles. The van der Waals surface area contributed by atoms with Crippen molar-refractivity contribution in [2.45, 2.75) is 19.8 Å². The van der Waals surface area contributed by atoms with E-state index < -0.39 is 5.97 Å². The number of nitrogens with two attached hydrogens (primary N) is 1. The molecule has 0 bridgehead atoms. The third-order valence-corrected chi connectivity index (χ3v) is 2.27. The molecule has 1 aromatic heterocycles. The Kier molecular flexibility index (Phi) is 4.59. The number of nitrogens with zero attached hydrogens (tertiary/aromatic N) is 2. The van der Waals surface area contributed by atoms with Crippen molar-refractivity contribution < 1.29 is 14.4 Å². The fraction of sp³-hybridized carbons (Fsp3) is 0.333. The van der Waals surface area contributed by atoms with E-state index in [0.29, 0.717) is 23.5 Å². The maximum Gasteiger partial charge on any atom is 0.335 e. The molecule has 0 saturated carbocycles. The average Bonchev–Trinajstić information content (AvgIpc) is 2.66. The zero-order valence-corrected chi connectivity index (χ0v) is 9.49. The number of oxime groups is 1. The van der Waals surface area contributed by atoms with Gasteiger partial charge in [-0.3, -0.25) is 4.79 Å². The zero-order valence-electron chi connectivity index (χ0n) is 8.67. The van der Waals surface area contributed by atoms with Crippen molar-refractivity contribution in [2.75, 3.05) is 5.73 Å². The molecule has 1 aromatic rings. The molecule has 0 amide bonds. The van der Waals surface area contributed by atoms with Crippen LogP contribution < -0.4 is 5.73 Å². The highest BCUT2D eigenvalue weighted by Crippen LogP contribution is 2.11. The third kappa shape index (κ3) is 3.43. The van der Waals surface area contributed by atoms with E-state index in [2.05, 4.69) is 15.0 Å². The second kappa shape index (κ2) is 5.96. The molecule has 0 radical (unpaired) electrons. The maximum atomic E-state index is 11.0. The summed E-state index contributed by atoms with van der Waals surface area (Å²) in [5.41, 5.74) is 5.67. The summed E-state index contributed by atoms with van der Waals surface area (Å²) in [6, 6.07) is 0. The summed E-state index contributed by atoms with van der Waals surface area (Å²) >= 11 is 1.18. The molecule has 86 valence electrons. The van der Waals surface area contributed by atoms with Crippen LogP contribution in [0.3, 0.4) is 0 Å². The SMILES string of the molecule is CCCC(=O)O/N=C(\C=O)c1csc(N)n1. The molecule has 0 aliphatic carbocycles. The molecule has 0 atom stereocenters. The number of anilines is 1. The summed E-state index contributed by atoms with van der Waals surface area (Å²) in [7, 11) is 0. The number of aldehydes is 1. The molecule has 0 spiro atoms. The maximum absolute atomic E-state index is 11.0. The van der Waals surface area contributed by atoms with Crippen molar-refractivity contribution in [3.63, 3.8) is 0 Å². The summed E-state index contributed by atoms with van der Waals surface area (Å²) in [6.07, 6.45) is 1.39. The number of thiazole rings is 1. The number of aromatic nitrogens is 1. The fourth-order valence-electron chi connectivity index (χ4n) is 0.884.